The number of carbonyl (C=O) groups excluding carboxylic acids is 1. The molecule has 1 saturated heterocycles. The van der Waals surface area contributed by atoms with Crippen molar-refractivity contribution in [3.8, 4) is 5.69 Å². The molecule has 3 aromatic carbocycles. The van der Waals surface area contributed by atoms with Gasteiger partial charge in [0.2, 0.25) is 0 Å². The van der Waals surface area contributed by atoms with Gasteiger partial charge in [0.1, 0.15) is 28.7 Å². The van der Waals surface area contributed by atoms with Crippen LogP contribution in [0.5, 0.6) is 0 Å². The largest absolute Gasteiger partial charge is 0.438 e. The Bertz CT molecular complexity index is 3150. The van der Waals surface area contributed by atoms with Crippen molar-refractivity contribution in [3.63, 3.8) is 0 Å². The fourth-order valence-electron chi connectivity index (χ4n) is 9.56. The van der Waals surface area contributed by atoms with Crippen molar-refractivity contribution < 1.29 is 27.0 Å². The zero-order valence-electron chi connectivity index (χ0n) is 36.1. The number of carbonyl (C=O) groups is 1. The van der Waals surface area contributed by atoms with Crippen LogP contribution in [0.15, 0.2) is 102 Å². The average Bonchev–Trinajstić information content (AvgIpc) is 3.59. The van der Waals surface area contributed by atoms with Crippen molar-refractivity contribution in [1.82, 2.24) is 28.7 Å². The number of fused-ring (bicyclic) bond motifs is 1. The lowest BCUT2D eigenvalue weighted by Crippen LogP contribution is -2.49. The quantitative estimate of drug-likeness (QED) is 0.102. The minimum atomic E-state index is -3.24. The maximum atomic E-state index is 15.7. The van der Waals surface area contributed by atoms with Gasteiger partial charge < -0.3 is 19.9 Å². The average molecular weight is 894 g/mol. The van der Waals surface area contributed by atoms with Crippen LogP contribution in [-0.2, 0) is 20.0 Å². The van der Waals surface area contributed by atoms with Crippen LogP contribution in [0.2, 0.25) is 0 Å². The van der Waals surface area contributed by atoms with Crippen LogP contribution < -0.4 is 17.2 Å². The van der Waals surface area contributed by atoms with Crippen molar-refractivity contribution in [1.29, 1.82) is 4.78 Å². The zero-order valence-corrected chi connectivity index (χ0v) is 36.9. The molecule has 3 aromatic heterocycles. The predicted octanol–water partition coefficient (Wildman–Crippen LogP) is 6.99. The minimum Gasteiger partial charge on any atom is -0.402 e. The van der Waals surface area contributed by atoms with E-state index in [4.69, 9.17) is 24.8 Å². The van der Waals surface area contributed by atoms with E-state index in [0.29, 0.717) is 65.2 Å². The van der Waals surface area contributed by atoms with Gasteiger partial charge in [-0.25, -0.2) is 32.4 Å². The van der Waals surface area contributed by atoms with E-state index in [2.05, 4.69) is 22.3 Å². The van der Waals surface area contributed by atoms with E-state index < -0.39 is 44.4 Å². The first-order chi connectivity index (χ1) is 30.5. The molecule has 5 heterocycles. The molecule has 2 fully saturated rings. The second-order valence-corrected chi connectivity index (χ2v) is 19.5. The number of ether oxygens (including phenoxy) is 1. The van der Waals surface area contributed by atoms with Gasteiger partial charge in [0.05, 0.1) is 32.0 Å². The number of imidazole rings is 1. The lowest BCUT2D eigenvalue weighted by atomic mass is 9.91. The molecule has 0 bridgehead atoms. The fourth-order valence-corrected chi connectivity index (χ4v) is 10.5. The molecule has 334 valence electrons. The summed E-state index contributed by atoms with van der Waals surface area (Å²) in [4.78, 5) is 51.6. The van der Waals surface area contributed by atoms with E-state index in [1.165, 1.54) is 29.1 Å². The monoisotopic (exact) mass is 893 g/mol. The molecule has 64 heavy (non-hydrogen) atoms. The highest BCUT2D eigenvalue weighted by molar-refractivity contribution is 7.92. The number of nitrogens with two attached hydrogens (primary N) is 1. The van der Waals surface area contributed by atoms with E-state index in [9.17, 15) is 18.2 Å². The number of nitrogens with zero attached hydrogens (tertiary/aromatic N) is 6. The standard InChI is InChI=1S/C46H49F2N9O6S/c1-6-64(50,61)33-8-10-37(34(47)23-33)55-15-16-56(45(55)60)41(51-32-19-25(2)40(48)26(3)20-32)39-28(5)54(14-11-35(39)49)42(58)38-22-31-21-30(29-12-17-62-18-13-29)7-9-36(31)57(38)46(24-27(46)4)43-52-44(59)63-53-43/h7-10,15-16,19-23,27-29,50H,6,11-14,17-18,24,49H2,1-5H3,(H,52,53,59)/t27-,28-,46-,64-/m0/s1. The number of hydrogen-bond donors (Lipinski definition) is 3. The topological polar surface area (TPSA) is 200 Å². The van der Waals surface area contributed by atoms with Crippen LogP contribution >= 0.6 is 0 Å². The summed E-state index contributed by atoms with van der Waals surface area (Å²) >= 11 is 0. The molecule has 1 saturated carbocycles. The Labute approximate surface area is 367 Å². The van der Waals surface area contributed by atoms with E-state index in [1.54, 1.807) is 44.7 Å². The Hall–Kier alpha value is -6.40. The third-order valence-electron chi connectivity index (χ3n) is 13.2. The van der Waals surface area contributed by atoms with Gasteiger partial charge in [0.25, 0.3) is 5.91 Å². The number of H-pyrrole nitrogens is 1. The van der Waals surface area contributed by atoms with Gasteiger partial charge in [0.15, 0.2) is 5.82 Å². The van der Waals surface area contributed by atoms with E-state index >= 15 is 9.18 Å². The number of halogens is 2. The molecule has 3 aliphatic rings. The van der Waals surface area contributed by atoms with Gasteiger partial charge in [-0.2, -0.15) is 0 Å². The number of aromatic nitrogens is 5. The summed E-state index contributed by atoms with van der Waals surface area (Å²) in [5.74, 6) is -1.70. The van der Waals surface area contributed by atoms with Crippen LogP contribution in [0.4, 0.5) is 14.5 Å². The first-order valence-corrected chi connectivity index (χ1v) is 23.1. The molecule has 18 heteroatoms. The SMILES string of the molecule is CC[S@](=N)(=O)c1ccc(-n2ccn(C(=Nc3cc(C)c(F)c(C)c3)C3=C(N)CCN(C(=O)c4cc5cc(C6CCOCC6)ccc5n4[C@@]4(c5noc(=O)[nH]5)C[C@@H]4C)[C@H]3C)c2=O)c(F)c1. The van der Waals surface area contributed by atoms with Crippen molar-refractivity contribution in [2.24, 2.45) is 16.6 Å². The normalized spacial score (nSPS) is 21.7. The molecule has 15 nitrogen and oxygen atoms in total. The molecule has 6 aromatic rings. The first kappa shape index (κ1) is 42.9. The third-order valence-corrected chi connectivity index (χ3v) is 15.1. The van der Waals surface area contributed by atoms with E-state index in [-0.39, 0.29) is 47.0 Å². The number of amides is 1. The Balaban J connectivity index is 1.17. The number of aliphatic imine (C=N–C) groups is 1. The third kappa shape index (κ3) is 7.12. The summed E-state index contributed by atoms with van der Waals surface area (Å²) in [7, 11) is -3.24. The van der Waals surface area contributed by atoms with Crippen molar-refractivity contribution in [2.75, 3.05) is 25.5 Å². The zero-order chi connectivity index (χ0) is 45.4. The Morgan fingerprint density at radius 2 is 1.77 bits per heavy atom. The van der Waals surface area contributed by atoms with Crippen LogP contribution in [-0.4, -0.2) is 76.2 Å². The number of aryl methyl sites for hydroxylation is 2. The van der Waals surface area contributed by atoms with Crippen molar-refractivity contribution >= 4 is 38.1 Å². The molecule has 2 aliphatic heterocycles. The molecule has 4 atom stereocenters. The fraction of sp³-hybridized carbons (Fsp3) is 0.370. The summed E-state index contributed by atoms with van der Waals surface area (Å²) in [5, 5.41) is 4.97. The number of rotatable bonds is 9. The van der Waals surface area contributed by atoms with Gasteiger partial charge in [-0.05, 0) is 117 Å². The summed E-state index contributed by atoms with van der Waals surface area (Å²) < 4.78 is 66.5. The molecule has 0 radical (unpaired) electrons. The number of aromatic amines is 1. The van der Waals surface area contributed by atoms with Crippen LogP contribution in [0.3, 0.4) is 0 Å². The highest BCUT2D eigenvalue weighted by Gasteiger charge is 2.59. The van der Waals surface area contributed by atoms with Gasteiger partial charge in [0, 0.05) is 66.5 Å². The number of nitrogens with one attached hydrogen (secondary N) is 2. The number of benzene rings is 3. The van der Waals surface area contributed by atoms with Gasteiger partial charge in [-0.15, -0.1) is 0 Å². The highest BCUT2D eigenvalue weighted by atomic mass is 32.2. The van der Waals surface area contributed by atoms with E-state index in [0.717, 1.165) is 39.9 Å². The number of hydrogen-bond acceptors (Lipinski definition) is 10. The van der Waals surface area contributed by atoms with Crippen LogP contribution in [0, 0.1) is 36.2 Å². The Morgan fingerprint density at radius 1 is 1.05 bits per heavy atom. The molecular formula is C46H49F2N9O6S. The van der Waals surface area contributed by atoms with Gasteiger partial charge >= 0.3 is 11.4 Å². The molecule has 9 rings (SSSR count). The smallest absolute Gasteiger partial charge is 0.402 e. The minimum absolute atomic E-state index is 0.00179. The summed E-state index contributed by atoms with van der Waals surface area (Å²) in [6.07, 6.45) is 5.31. The van der Waals surface area contributed by atoms with Crippen molar-refractivity contribution in [2.45, 2.75) is 82.7 Å². The first-order valence-electron chi connectivity index (χ1n) is 21.4. The Morgan fingerprint density at radius 3 is 2.41 bits per heavy atom. The molecule has 0 spiro atoms. The molecule has 1 aliphatic carbocycles. The second-order valence-electron chi connectivity index (χ2n) is 17.1. The second kappa shape index (κ2) is 16.0. The highest BCUT2D eigenvalue weighted by Crippen LogP contribution is 2.56. The molecule has 4 N–H and O–H groups in total. The lowest BCUT2D eigenvalue weighted by Gasteiger charge is -2.37. The van der Waals surface area contributed by atoms with Gasteiger partial charge in [-0.1, -0.05) is 25.1 Å². The Kier molecular flexibility index (Phi) is 10.7. The van der Waals surface area contributed by atoms with Crippen LogP contribution in [0.25, 0.3) is 16.6 Å². The lowest BCUT2D eigenvalue weighted by molar-refractivity contribution is 0.0697. The molecule has 1 amide bonds. The maximum Gasteiger partial charge on any atom is 0.438 e. The summed E-state index contributed by atoms with van der Waals surface area (Å²) in [6.45, 7) is 10.2. The van der Waals surface area contributed by atoms with Crippen molar-refractivity contribution in [3.05, 3.63) is 139 Å². The summed E-state index contributed by atoms with van der Waals surface area (Å²) in [6, 6.07) is 14.1. The maximum absolute atomic E-state index is 15.7. The molecular weight excluding hydrogens is 845 g/mol. The predicted molar refractivity (Wildman–Crippen MR) is 237 cm³/mol. The van der Waals surface area contributed by atoms with Gasteiger partial charge in [-0.3, -0.25) is 23.4 Å². The van der Waals surface area contributed by atoms with E-state index in [1.807, 2.05) is 23.6 Å². The summed E-state index contributed by atoms with van der Waals surface area (Å²) in [5.41, 5.74) is 9.05. The molecule has 0 unspecified atom stereocenters. The van der Waals surface area contributed by atoms with Crippen LogP contribution in [0.1, 0.15) is 85.4 Å².